The number of imidazole rings is 1. The third-order valence-electron chi connectivity index (χ3n) is 3.05. The molecule has 3 rings (SSSR count). The molecule has 0 amide bonds. The summed E-state index contributed by atoms with van der Waals surface area (Å²) in [6.07, 6.45) is -0.281. The molecule has 2 aromatic carbocycles. The number of fused-ring (bicyclic) bond motifs is 1. The van der Waals surface area contributed by atoms with Crippen molar-refractivity contribution in [2.24, 2.45) is 0 Å². The van der Waals surface area contributed by atoms with Crippen LogP contribution in [0.5, 0.6) is 0 Å². The third kappa shape index (κ3) is 2.22. The number of benzene rings is 2. The fourth-order valence-corrected chi connectivity index (χ4v) is 2.16. The second kappa shape index (κ2) is 4.82. The van der Waals surface area contributed by atoms with Crippen molar-refractivity contribution in [3.05, 3.63) is 65.7 Å². The highest BCUT2D eigenvalue weighted by Crippen LogP contribution is 2.25. The monoisotopic (exact) mass is 256 g/mol. The normalized spacial score (nSPS) is 12.7. The van der Waals surface area contributed by atoms with Gasteiger partial charge < -0.3 is 9.72 Å². The Bertz CT molecular complexity index is 694. The zero-order valence-corrected chi connectivity index (χ0v) is 10.4. The number of ether oxygens (including phenoxy) is 1. The van der Waals surface area contributed by atoms with Crippen molar-refractivity contribution in [1.82, 2.24) is 9.97 Å². The summed E-state index contributed by atoms with van der Waals surface area (Å²) in [6, 6.07) is 14.3. The van der Waals surface area contributed by atoms with Crippen LogP contribution in [-0.4, -0.2) is 17.1 Å². The van der Waals surface area contributed by atoms with Gasteiger partial charge in [-0.15, -0.1) is 0 Å². The van der Waals surface area contributed by atoms with E-state index in [1.807, 2.05) is 30.3 Å². The second-order valence-corrected chi connectivity index (χ2v) is 4.31. The fraction of sp³-hybridized carbons (Fsp3) is 0.133. The Kier molecular flexibility index (Phi) is 3.01. The summed E-state index contributed by atoms with van der Waals surface area (Å²) in [5.74, 6) is 0.394. The van der Waals surface area contributed by atoms with Gasteiger partial charge in [0.1, 0.15) is 17.7 Å². The van der Waals surface area contributed by atoms with E-state index in [2.05, 4.69) is 9.97 Å². The zero-order chi connectivity index (χ0) is 13.2. The number of rotatable bonds is 3. The molecule has 0 fully saturated rings. The number of aromatic amines is 1. The highest BCUT2D eigenvalue weighted by atomic mass is 19.1. The van der Waals surface area contributed by atoms with Crippen LogP contribution in [-0.2, 0) is 4.74 Å². The highest BCUT2D eigenvalue weighted by molar-refractivity contribution is 5.75. The zero-order valence-electron chi connectivity index (χ0n) is 10.4. The van der Waals surface area contributed by atoms with Crippen LogP contribution in [0.1, 0.15) is 17.5 Å². The number of hydrogen-bond acceptors (Lipinski definition) is 2. The summed E-state index contributed by atoms with van der Waals surface area (Å²) < 4.78 is 18.7. The average molecular weight is 256 g/mol. The Labute approximate surface area is 110 Å². The van der Waals surface area contributed by atoms with Crippen molar-refractivity contribution >= 4 is 11.0 Å². The first-order chi connectivity index (χ1) is 9.28. The standard InChI is InChI=1S/C15H13FN2O/c1-19-14(10-5-3-2-4-6-10)15-17-12-8-7-11(16)9-13(12)18-15/h2-9,14H,1H3,(H,17,18)/t14-/m1/s1. The molecule has 1 heterocycles. The van der Waals surface area contributed by atoms with E-state index in [0.29, 0.717) is 11.3 Å². The van der Waals surface area contributed by atoms with Crippen LogP contribution < -0.4 is 0 Å². The Hall–Kier alpha value is -2.20. The van der Waals surface area contributed by atoms with E-state index in [0.717, 1.165) is 11.1 Å². The lowest BCUT2D eigenvalue weighted by Crippen LogP contribution is -2.05. The van der Waals surface area contributed by atoms with Crippen LogP contribution in [0.15, 0.2) is 48.5 Å². The average Bonchev–Trinajstić information content (AvgIpc) is 2.83. The number of halogens is 1. The number of nitrogens with one attached hydrogen (secondary N) is 1. The van der Waals surface area contributed by atoms with Crippen molar-refractivity contribution in [2.45, 2.75) is 6.10 Å². The molecule has 0 aliphatic heterocycles. The van der Waals surface area contributed by atoms with Gasteiger partial charge in [0.2, 0.25) is 0 Å². The predicted molar refractivity (Wildman–Crippen MR) is 71.3 cm³/mol. The van der Waals surface area contributed by atoms with E-state index in [1.165, 1.54) is 12.1 Å². The van der Waals surface area contributed by atoms with Crippen molar-refractivity contribution in [3.8, 4) is 0 Å². The maximum atomic E-state index is 13.2. The van der Waals surface area contributed by atoms with Gasteiger partial charge in [0.05, 0.1) is 11.0 Å². The Morgan fingerprint density at radius 2 is 1.95 bits per heavy atom. The lowest BCUT2D eigenvalue weighted by Gasteiger charge is -2.12. The smallest absolute Gasteiger partial charge is 0.141 e. The summed E-state index contributed by atoms with van der Waals surface area (Å²) >= 11 is 0. The largest absolute Gasteiger partial charge is 0.369 e. The molecule has 0 radical (unpaired) electrons. The van der Waals surface area contributed by atoms with Gasteiger partial charge >= 0.3 is 0 Å². The van der Waals surface area contributed by atoms with Crippen LogP contribution in [0.4, 0.5) is 4.39 Å². The molecule has 0 aliphatic carbocycles. The molecule has 1 atom stereocenters. The SMILES string of the molecule is CO[C@H](c1ccccc1)c1nc2ccc(F)cc2[nH]1. The molecule has 19 heavy (non-hydrogen) atoms. The molecular weight excluding hydrogens is 243 g/mol. The number of aromatic nitrogens is 2. The molecule has 0 bridgehead atoms. The predicted octanol–water partition coefficient (Wildman–Crippen LogP) is 3.44. The summed E-state index contributed by atoms with van der Waals surface area (Å²) in [6.45, 7) is 0. The van der Waals surface area contributed by atoms with Crippen LogP contribution >= 0.6 is 0 Å². The van der Waals surface area contributed by atoms with E-state index in [4.69, 9.17) is 4.74 Å². The van der Waals surface area contributed by atoms with E-state index in [-0.39, 0.29) is 11.9 Å². The van der Waals surface area contributed by atoms with Crippen LogP contribution in [0.25, 0.3) is 11.0 Å². The van der Waals surface area contributed by atoms with Gasteiger partial charge in [-0.1, -0.05) is 30.3 Å². The number of hydrogen-bond donors (Lipinski definition) is 1. The first-order valence-electron chi connectivity index (χ1n) is 6.01. The maximum Gasteiger partial charge on any atom is 0.141 e. The van der Waals surface area contributed by atoms with E-state index >= 15 is 0 Å². The number of H-pyrrole nitrogens is 1. The lowest BCUT2D eigenvalue weighted by atomic mass is 10.1. The van der Waals surface area contributed by atoms with E-state index < -0.39 is 0 Å². The molecule has 0 saturated carbocycles. The van der Waals surface area contributed by atoms with Gasteiger partial charge in [-0.25, -0.2) is 9.37 Å². The van der Waals surface area contributed by atoms with Crippen molar-refractivity contribution in [1.29, 1.82) is 0 Å². The van der Waals surface area contributed by atoms with Gasteiger partial charge in [-0.2, -0.15) is 0 Å². The molecule has 0 unspecified atom stereocenters. The Morgan fingerprint density at radius 3 is 2.68 bits per heavy atom. The summed E-state index contributed by atoms with van der Waals surface area (Å²) in [5, 5.41) is 0. The van der Waals surface area contributed by atoms with E-state index in [1.54, 1.807) is 13.2 Å². The van der Waals surface area contributed by atoms with Crippen molar-refractivity contribution < 1.29 is 9.13 Å². The first kappa shape index (κ1) is 11.9. The molecule has 0 spiro atoms. The van der Waals surface area contributed by atoms with Gasteiger partial charge in [0.25, 0.3) is 0 Å². The Morgan fingerprint density at radius 1 is 1.16 bits per heavy atom. The first-order valence-corrected chi connectivity index (χ1v) is 6.01. The van der Waals surface area contributed by atoms with Crippen molar-refractivity contribution in [3.63, 3.8) is 0 Å². The fourth-order valence-electron chi connectivity index (χ4n) is 2.16. The number of methoxy groups -OCH3 is 1. The van der Waals surface area contributed by atoms with Crippen LogP contribution in [0.2, 0.25) is 0 Å². The van der Waals surface area contributed by atoms with Crippen LogP contribution in [0, 0.1) is 5.82 Å². The summed E-state index contributed by atoms with van der Waals surface area (Å²) in [4.78, 5) is 7.56. The van der Waals surface area contributed by atoms with Gasteiger partial charge in [0.15, 0.2) is 0 Å². The lowest BCUT2D eigenvalue weighted by molar-refractivity contribution is 0.130. The highest BCUT2D eigenvalue weighted by Gasteiger charge is 2.17. The molecule has 1 N–H and O–H groups in total. The minimum Gasteiger partial charge on any atom is -0.369 e. The Balaban J connectivity index is 2.07. The molecule has 0 saturated heterocycles. The minimum atomic E-state index is -0.281. The summed E-state index contributed by atoms with van der Waals surface area (Å²) in [5.41, 5.74) is 2.41. The molecular formula is C15H13FN2O. The van der Waals surface area contributed by atoms with Gasteiger partial charge in [0, 0.05) is 7.11 Å². The third-order valence-corrected chi connectivity index (χ3v) is 3.05. The molecule has 3 nitrogen and oxygen atoms in total. The molecule has 0 aliphatic rings. The van der Waals surface area contributed by atoms with Gasteiger partial charge in [-0.05, 0) is 23.8 Å². The molecule has 1 aromatic heterocycles. The van der Waals surface area contributed by atoms with Crippen molar-refractivity contribution in [2.75, 3.05) is 7.11 Å². The molecule has 4 heteroatoms. The number of nitrogens with zero attached hydrogens (tertiary/aromatic N) is 1. The molecule has 96 valence electrons. The van der Waals surface area contributed by atoms with E-state index in [9.17, 15) is 4.39 Å². The quantitative estimate of drug-likeness (QED) is 0.779. The topological polar surface area (TPSA) is 37.9 Å². The second-order valence-electron chi connectivity index (χ2n) is 4.31. The van der Waals surface area contributed by atoms with Crippen LogP contribution in [0.3, 0.4) is 0 Å². The van der Waals surface area contributed by atoms with Gasteiger partial charge in [-0.3, -0.25) is 0 Å². The minimum absolute atomic E-state index is 0.281. The molecule has 3 aromatic rings. The maximum absolute atomic E-state index is 13.2. The summed E-state index contributed by atoms with van der Waals surface area (Å²) in [7, 11) is 1.63.